The summed E-state index contributed by atoms with van der Waals surface area (Å²) in [4.78, 5) is 27.9. The number of rotatable bonds is 4. The Labute approximate surface area is 196 Å². The first kappa shape index (κ1) is 24.6. The molecule has 5 atom stereocenters. The summed E-state index contributed by atoms with van der Waals surface area (Å²) in [6, 6.07) is 2.87. The van der Waals surface area contributed by atoms with Gasteiger partial charge in [-0.2, -0.15) is 13.2 Å². The number of halogens is 4. The molecule has 13 heteroatoms. The molecule has 0 bridgehead atoms. The van der Waals surface area contributed by atoms with Crippen LogP contribution < -0.4 is 4.74 Å². The molecule has 2 saturated heterocycles. The van der Waals surface area contributed by atoms with Crippen LogP contribution in [0.3, 0.4) is 0 Å². The van der Waals surface area contributed by atoms with Gasteiger partial charge in [0.1, 0.15) is 18.0 Å². The summed E-state index contributed by atoms with van der Waals surface area (Å²) < 4.78 is 62.7. The van der Waals surface area contributed by atoms with Crippen molar-refractivity contribution in [3.05, 3.63) is 44.0 Å². The Hall–Kier alpha value is -2.57. The average Bonchev–Trinajstić information content (AvgIpc) is 3.28. The van der Waals surface area contributed by atoms with E-state index in [2.05, 4.69) is 4.84 Å². The van der Waals surface area contributed by atoms with Crippen LogP contribution in [0.4, 0.5) is 13.2 Å². The molecular weight excluding hydrogens is 487 g/mol. The molecule has 0 N–H and O–H groups in total. The predicted molar refractivity (Wildman–Crippen MR) is 110 cm³/mol. The van der Waals surface area contributed by atoms with Crippen molar-refractivity contribution < 1.29 is 46.8 Å². The molecule has 0 radical (unpaired) electrons. The van der Waals surface area contributed by atoms with Crippen LogP contribution in [-0.4, -0.2) is 61.0 Å². The van der Waals surface area contributed by atoms with Crippen molar-refractivity contribution in [3.63, 3.8) is 0 Å². The third-order valence-electron chi connectivity index (χ3n) is 5.72. The third-order valence-corrected chi connectivity index (χ3v) is 6.03. The highest BCUT2D eigenvalue weighted by Crippen LogP contribution is 2.42. The summed E-state index contributed by atoms with van der Waals surface area (Å²) in [5, 5.41) is 9.91. The fourth-order valence-corrected chi connectivity index (χ4v) is 4.59. The van der Waals surface area contributed by atoms with Gasteiger partial charge in [0.25, 0.3) is 5.09 Å². The summed E-state index contributed by atoms with van der Waals surface area (Å²) in [6.45, 7) is 5.15. The van der Waals surface area contributed by atoms with Crippen LogP contribution in [0, 0.1) is 10.1 Å². The predicted octanol–water partition coefficient (Wildman–Crippen LogP) is 3.63. The molecule has 0 amide bonds. The molecule has 4 rings (SSSR count). The maximum atomic E-state index is 13.8. The highest BCUT2D eigenvalue weighted by atomic mass is 35.5. The van der Waals surface area contributed by atoms with Gasteiger partial charge in [-0.25, -0.2) is 4.79 Å². The average molecular weight is 508 g/mol. The molecule has 3 aliphatic rings. The van der Waals surface area contributed by atoms with Gasteiger partial charge in [-0.05, 0) is 29.2 Å². The Kier molecular flexibility index (Phi) is 6.19. The maximum absolute atomic E-state index is 13.8. The zero-order valence-electron chi connectivity index (χ0n) is 18.3. The van der Waals surface area contributed by atoms with Crippen molar-refractivity contribution in [1.82, 2.24) is 0 Å². The summed E-state index contributed by atoms with van der Waals surface area (Å²) in [7, 11) is 0. The first-order chi connectivity index (χ1) is 15.8. The van der Waals surface area contributed by atoms with E-state index < -0.39 is 58.7 Å². The summed E-state index contributed by atoms with van der Waals surface area (Å²) in [5.74, 6) is -1.34. The van der Waals surface area contributed by atoms with Crippen molar-refractivity contribution in [1.29, 1.82) is 0 Å². The van der Waals surface area contributed by atoms with E-state index in [4.69, 9.17) is 30.5 Å². The number of hydrogen-bond acceptors (Lipinski definition) is 8. The van der Waals surface area contributed by atoms with Gasteiger partial charge >= 0.3 is 12.1 Å². The van der Waals surface area contributed by atoms with E-state index in [1.165, 1.54) is 12.1 Å². The number of hydrogen-bond donors (Lipinski definition) is 0. The first-order valence-electron chi connectivity index (χ1n) is 10.3. The lowest BCUT2D eigenvalue weighted by Gasteiger charge is -2.30. The second kappa shape index (κ2) is 8.58. The second-order valence-electron chi connectivity index (χ2n) is 9.17. The molecular formula is C21H21ClF3NO8. The SMILES string of the molecule is CC(C)(C)c1cc2c(cc1Cl)C=C(C(=O)O[C@H]1CO[C@H]3[C@@H]1OC[C@H]3O[N+](=O)[O-])C(C(F)(F)F)O2. The lowest BCUT2D eigenvalue weighted by atomic mass is 9.85. The first-order valence-corrected chi connectivity index (χ1v) is 10.7. The van der Waals surface area contributed by atoms with Gasteiger partial charge in [-0.1, -0.05) is 32.4 Å². The largest absolute Gasteiger partial charge is 0.475 e. The molecule has 0 saturated carbocycles. The topological polar surface area (TPSA) is 106 Å². The Morgan fingerprint density at radius 3 is 2.35 bits per heavy atom. The number of nitrogens with zero attached hydrogens (tertiary/aromatic N) is 1. The summed E-state index contributed by atoms with van der Waals surface area (Å²) in [6.07, 6.45) is -10.4. The molecule has 3 heterocycles. The standard InChI is InChI=1S/C21H21ClF3NO8/c1-20(2,3)11-6-13-9(5-12(11)22)4-10(18(32-13)21(23,24)25)19(27)33-14-7-30-17-15(34-26(28)29)8-31-16(14)17/h4-6,14-18H,7-8H2,1-3H3/t14-,15+,16+,17+,18?/m0/s1. The number of benzene rings is 1. The van der Waals surface area contributed by atoms with Crippen LogP contribution in [0.15, 0.2) is 17.7 Å². The van der Waals surface area contributed by atoms with E-state index in [9.17, 15) is 28.1 Å². The normalized spacial score (nSPS) is 28.4. The molecule has 34 heavy (non-hydrogen) atoms. The third kappa shape index (κ3) is 4.66. The summed E-state index contributed by atoms with van der Waals surface area (Å²) >= 11 is 6.33. The number of esters is 1. The number of carbonyl (C=O) groups is 1. The van der Waals surface area contributed by atoms with Crippen LogP contribution in [-0.2, 0) is 29.3 Å². The van der Waals surface area contributed by atoms with Crippen LogP contribution in [0.2, 0.25) is 5.02 Å². The zero-order valence-corrected chi connectivity index (χ0v) is 19.0. The lowest BCUT2D eigenvalue weighted by Crippen LogP contribution is -2.42. The molecule has 3 aliphatic heterocycles. The highest BCUT2D eigenvalue weighted by molar-refractivity contribution is 6.31. The second-order valence-corrected chi connectivity index (χ2v) is 9.57. The molecule has 1 aromatic carbocycles. The highest BCUT2D eigenvalue weighted by Gasteiger charge is 2.53. The van der Waals surface area contributed by atoms with Crippen molar-refractivity contribution in [2.45, 2.75) is 62.9 Å². The number of alkyl halides is 3. The maximum Gasteiger partial charge on any atom is 0.430 e. The Bertz CT molecular complexity index is 1040. The van der Waals surface area contributed by atoms with Crippen molar-refractivity contribution in [3.8, 4) is 5.75 Å². The van der Waals surface area contributed by atoms with Gasteiger partial charge < -0.3 is 23.8 Å². The van der Waals surface area contributed by atoms with Crippen LogP contribution in [0.1, 0.15) is 31.9 Å². The summed E-state index contributed by atoms with van der Waals surface area (Å²) in [5.41, 5.74) is -0.433. The molecule has 0 spiro atoms. The van der Waals surface area contributed by atoms with Gasteiger partial charge in [0.2, 0.25) is 6.10 Å². The van der Waals surface area contributed by atoms with Crippen molar-refractivity contribution >= 4 is 23.6 Å². The van der Waals surface area contributed by atoms with Crippen LogP contribution in [0.5, 0.6) is 5.75 Å². The molecule has 0 aliphatic carbocycles. The van der Waals surface area contributed by atoms with E-state index in [1.807, 2.05) is 20.8 Å². The fraction of sp³-hybridized carbons (Fsp3) is 0.571. The molecule has 0 aromatic heterocycles. The number of fused-ring (bicyclic) bond motifs is 2. The van der Waals surface area contributed by atoms with E-state index in [-0.39, 0.29) is 24.5 Å². The molecule has 1 aromatic rings. The Morgan fingerprint density at radius 1 is 1.15 bits per heavy atom. The van der Waals surface area contributed by atoms with Gasteiger partial charge in [-0.15, -0.1) is 10.1 Å². The quantitative estimate of drug-likeness (QED) is 0.345. The van der Waals surface area contributed by atoms with Crippen molar-refractivity contribution in [2.24, 2.45) is 0 Å². The van der Waals surface area contributed by atoms with Gasteiger partial charge in [0.05, 0.1) is 18.8 Å². The number of carbonyl (C=O) groups excluding carboxylic acids is 1. The molecule has 9 nitrogen and oxygen atoms in total. The van der Waals surface area contributed by atoms with E-state index in [1.54, 1.807) is 0 Å². The fourth-order valence-electron chi connectivity index (χ4n) is 4.14. The molecule has 186 valence electrons. The zero-order chi connectivity index (χ0) is 25.0. The van der Waals surface area contributed by atoms with Crippen LogP contribution >= 0.6 is 11.6 Å². The monoisotopic (exact) mass is 507 g/mol. The van der Waals surface area contributed by atoms with E-state index in [0.29, 0.717) is 10.6 Å². The molecule has 1 unspecified atom stereocenters. The van der Waals surface area contributed by atoms with Gasteiger partial charge in [0, 0.05) is 10.6 Å². The minimum atomic E-state index is -4.91. The lowest BCUT2D eigenvalue weighted by molar-refractivity contribution is -0.769. The number of ether oxygens (including phenoxy) is 4. The molecule has 2 fully saturated rings. The minimum absolute atomic E-state index is 0.0589. The Balaban J connectivity index is 1.59. The smallest absolute Gasteiger partial charge is 0.430 e. The van der Waals surface area contributed by atoms with Crippen LogP contribution in [0.25, 0.3) is 6.08 Å². The van der Waals surface area contributed by atoms with Gasteiger partial charge in [0.15, 0.2) is 12.2 Å². The van der Waals surface area contributed by atoms with Crippen molar-refractivity contribution in [2.75, 3.05) is 13.2 Å². The van der Waals surface area contributed by atoms with Gasteiger partial charge in [-0.3, -0.25) is 0 Å². The Morgan fingerprint density at radius 2 is 1.76 bits per heavy atom. The van der Waals surface area contributed by atoms with E-state index >= 15 is 0 Å². The minimum Gasteiger partial charge on any atom is -0.475 e. The van der Waals surface area contributed by atoms with E-state index in [0.717, 1.165) is 6.08 Å².